The summed E-state index contributed by atoms with van der Waals surface area (Å²) in [6.07, 6.45) is 4.68. The SMILES string of the molecule is NS(=O)(=O)c1ccccc1-c1ccnc(-c2ncccn2)n1. The van der Waals surface area contributed by atoms with Crippen LogP contribution in [0.1, 0.15) is 0 Å². The Balaban J connectivity index is 2.16. The smallest absolute Gasteiger partial charge is 0.234 e. The number of sulfonamides is 1. The highest BCUT2D eigenvalue weighted by atomic mass is 32.2. The summed E-state index contributed by atoms with van der Waals surface area (Å²) in [5.41, 5.74) is 0.839. The number of hydrogen-bond acceptors (Lipinski definition) is 6. The van der Waals surface area contributed by atoms with Crippen LogP contribution in [0, 0.1) is 0 Å². The van der Waals surface area contributed by atoms with Gasteiger partial charge < -0.3 is 0 Å². The van der Waals surface area contributed by atoms with Crippen LogP contribution in [0.4, 0.5) is 0 Å². The van der Waals surface area contributed by atoms with E-state index in [-0.39, 0.29) is 4.90 Å². The molecule has 0 fully saturated rings. The molecule has 0 bridgehead atoms. The highest BCUT2D eigenvalue weighted by molar-refractivity contribution is 7.89. The fourth-order valence-corrected chi connectivity index (χ4v) is 2.70. The van der Waals surface area contributed by atoms with Crippen molar-refractivity contribution in [3.05, 3.63) is 55.0 Å². The molecule has 22 heavy (non-hydrogen) atoms. The second kappa shape index (κ2) is 5.58. The summed E-state index contributed by atoms with van der Waals surface area (Å²) in [7, 11) is -3.85. The molecule has 0 saturated heterocycles. The first kappa shape index (κ1) is 14.2. The van der Waals surface area contributed by atoms with Gasteiger partial charge in [0.15, 0.2) is 11.6 Å². The van der Waals surface area contributed by atoms with Crippen molar-refractivity contribution in [1.82, 2.24) is 19.9 Å². The van der Waals surface area contributed by atoms with Gasteiger partial charge in [0.2, 0.25) is 10.0 Å². The minimum Gasteiger partial charge on any atom is -0.234 e. The zero-order chi connectivity index (χ0) is 15.6. The number of primary sulfonamides is 1. The van der Waals surface area contributed by atoms with Gasteiger partial charge in [0.1, 0.15) is 0 Å². The number of aromatic nitrogens is 4. The Kier molecular flexibility index (Phi) is 3.61. The van der Waals surface area contributed by atoms with Crippen molar-refractivity contribution in [2.24, 2.45) is 5.14 Å². The lowest BCUT2D eigenvalue weighted by atomic mass is 10.1. The minimum absolute atomic E-state index is 0.00799. The average molecular weight is 313 g/mol. The third kappa shape index (κ3) is 2.83. The lowest BCUT2D eigenvalue weighted by Gasteiger charge is -2.07. The molecule has 0 saturated carbocycles. The van der Waals surface area contributed by atoms with Crippen LogP contribution >= 0.6 is 0 Å². The molecule has 3 rings (SSSR count). The van der Waals surface area contributed by atoms with E-state index in [0.29, 0.717) is 22.9 Å². The van der Waals surface area contributed by atoms with E-state index in [4.69, 9.17) is 5.14 Å². The maximum Gasteiger partial charge on any atom is 0.238 e. The summed E-state index contributed by atoms with van der Waals surface area (Å²) >= 11 is 0. The van der Waals surface area contributed by atoms with Gasteiger partial charge in [-0.2, -0.15) is 0 Å². The van der Waals surface area contributed by atoms with E-state index in [1.807, 2.05) is 0 Å². The molecular formula is C14H11N5O2S. The first-order chi connectivity index (χ1) is 10.6. The second-order valence-corrected chi connectivity index (χ2v) is 5.91. The van der Waals surface area contributed by atoms with Gasteiger partial charge in [0.25, 0.3) is 0 Å². The van der Waals surface area contributed by atoms with E-state index in [9.17, 15) is 8.42 Å². The topological polar surface area (TPSA) is 112 Å². The number of hydrogen-bond donors (Lipinski definition) is 1. The van der Waals surface area contributed by atoms with Crippen molar-refractivity contribution in [3.63, 3.8) is 0 Å². The van der Waals surface area contributed by atoms with Gasteiger partial charge in [-0.1, -0.05) is 18.2 Å². The van der Waals surface area contributed by atoms with Crippen molar-refractivity contribution < 1.29 is 8.42 Å². The molecule has 0 radical (unpaired) electrons. The van der Waals surface area contributed by atoms with Crippen LogP contribution in [0.3, 0.4) is 0 Å². The zero-order valence-corrected chi connectivity index (χ0v) is 12.1. The van der Waals surface area contributed by atoms with Gasteiger partial charge >= 0.3 is 0 Å². The number of nitrogens with two attached hydrogens (primary N) is 1. The van der Waals surface area contributed by atoms with E-state index in [1.165, 1.54) is 12.3 Å². The molecule has 110 valence electrons. The van der Waals surface area contributed by atoms with Crippen LogP contribution in [0.2, 0.25) is 0 Å². The molecule has 3 aromatic rings. The Bertz CT molecular complexity index is 913. The minimum atomic E-state index is -3.85. The zero-order valence-electron chi connectivity index (χ0n) is 11.3. The van der Waals surface area contributed by atoms with Crippen LogP contribution in [-0.2, 0) is 10.0 Å². The predicted molar refractivity (Wildman–Crippen MR) is 79.9 cm³/mol. The largest absolute Gasteiger partial charge is 0.238 e. The van der Waals surface area contributed by atoms with Crippen molar-refractivity contribution in [3.8, 4) is 22.9 Å². The Morgan fingerprint density at radius 1 is 0.818 bits per heavy atom. The monoisotopic (exact) mass is 313 g/mol. The lowest BCUT2D eigenvalue weighted by molar-refractivity contribution is 0.598. The number of benzene rings is 1. The Morgan fingerprint density at radius 2 is 1.50 bits per heavy atom. The fourth-order valence-electron chi connectivity index (χ4n) is 1.96. The molecule has 0 aliphatic carbocycles. The van der Waals surface area contributed by atoms with Gasteiger partial charge in [-0.15, -0.1) is 0 Å². The molecule has 0 unspecified atom stereocenters. The summed E-state index contributed by atoms with van der Waals surface area (Å²) in [5.74, 6) is 0.666. The van der Waals surface area contributed by atoms with Crippen molar-refractivity contribution in [1.29, 1.82) is 0 Å². The average Bonchev–Trinajstić information content (AvgIpc) is 2.55. The van der Waals surface area contributed by atoms with Gasteiger partial charge in [-0.25, -0.2) is 33.5 Å². The van der Waals surface area contributed by atoms with Crippen molar-refractivity contribution >= 4 is 10.0 Å². The highest BCUT2D eigenvalue weighted by Gasteiger charge is 2.16. The molecule has 0 aliphatic heterocycles. The summed E-state index contributed by atoms with van der Waals surface area (Å²) in [6, 6.07) is 9.68. The Labute approximate surface area is 127 Å². The molecule has 0 amide bonds. The van der Waals surface area contributed by atoms with E-state index >= 15 is 0 Å². The molecule has 1 aromatic carbocycles. The maximum atomic E-state index is 11.7. The van der Waals surface area contributed by atoms with Gasteiger partial charge in [0.05, 0.1) is 10.6 Å². The molecule has 0 spiro atoms. The summed E-state index contributed by atoms with van der Waals surface area (Å²) < 4.78 is 23.4. The summed E-state index contributed by atoms with van der Waals surface area (Å²) in [4.78, 5) is 16.6. The molecular weight excluding hydrogens is 302 g/mol. The van der Waals surface area contributed by atoms with Crippen LogP contribution in [0.25, 0.3) is 22.9 Å². The van der Waals surface area contributed by atoms with Gasteiger partial charge in [-0.3, -0.25) is 0 Å². The summed E-state index contributed by atoms with van der Waals surface area (Å²) in [6.45, 7) is 0. The van der Waals surface area contributed by atoms with Gasteiger partial charge in [0, 0.05) is 24.2 Å². The standard InChI is InChI=1S/C14H11N5O2S/c15-22(20,21)12-5-2-1-4-10(12)11-6-9-18-14(19-11)13-16-7-3-8-17-13/h1-9H,(H2,15,20,21). The second-order valence-electron chi connectivity index (χ2n) is 4.38. The van der Waals surface area contributed by atoms with E-state index < -0.39 is 10.0 Å². The van der Waals surface area contributed by atoms with E-state index in [0.717, 1.165) is 0 Å². The Morgan fingerprint density at radius 3 is 2.23 bits per heavy atom. The van der Waals surface area contributed by atoms with Crippen molar-refractivity contribution in [2.75, 3.05) is 0 Å². The normalized spacial score (nSPS) is 11.3. The van der Waals surface area contributed by atoms with Gasteiger partial charge in [-0.05, 0) is 18.2 Å². The number of rotatable bonds is 3. The van der Waals surface area contributed by atoms with Crippen molar-refractivity contribution in [2.45, 2.75) is 4.90 Å². The summed E-state index contributed by atoms with van der Waals surface area (Å²) in [5, 5.41) is 5.25. The molecule has 2 aromatic heterocycles. The third-order valence-electron chi connectivity index (χ3n) is 2.89. The highest BCUT2D eigenvalue weighted by Crippen LogP contribution is 2.25. The first-order valence-electron chi connectivity index (χ1n) is 6.28. The number of nitrogens with zero attached hydrogens (tertiary/aromatic N) is 4. The first-order valence-corrected chi connectivity index (χ1v) is 7.83. The van der Waals surface area contributed by atoms with E-state index in [2.05, 4.69) is 19.9 Å². The van der Waals surface area contributed by atoms with Crippen LogP contribution in [0.15, 0.2) is 59.9 Å². The quantitative estimate of drug-likeness (QED) is 0.778. The van der Waals surface area contributed by atoms with Crippen LogP contribution in [-0.4, -0.2) is 28.4 Å². The molecule has 7 nitrogen and oxygen atoms in total. The lowest BCUT2D eigenvalue weighted by Crippen LogP contribution is -2.13. The van der Waals surface area contributed by atoms with E-state index in [1.54, 1.807) is 42.7 Å². The fraction of sp³-hybridized carbons (Fsp3) is 0. The molecule has 0 atom stereocenters. The molecule has 8 heteroatoms. The van der Waals surface area contributed by atoms with Crippen LogP contribution < -0.4 is 5.14 Å². The maximum absolute atomic E-state index is 11.7. The molecule has 2 N–H and O–H groups in total. The molecule has 2 heterocycles. The van der Waals surface area contributed by atoms with Crippen LogP contribution in [0.5, 0.6) is 0 Å². The third-order valence-corrected chi connectivity index (χ3v) is 3.86. The predicted octanol–water partition coefficient (Wildman–Crippen LogP) is 1.25. The Hall–Kier alpha value is -2.71. The molecule has 0 aliphatic rings.